The third kappa shape index (κ3) is 4.52. The molecule has 0 radical (unpaired) electrons. The number of carbonyl (C=O) groups excluding carboxylic acids is 1. The Bertz CT molecular complexity index is 1220. The van der Waals surface area contributed by atoms with Crippen molar-refractivity contribution < 1.29 is 17.7 Å². The summed E-state index contributed by atoms with van der Waals surface area (Å²) < 4.78 is 33.1. The van der Waals surface area contributed by atoms with E-state index in [1.54, 1.807) is 44.2 Å². The zero-order valence-corrected chi connectivity index (χ0v) is 19.4. The number of hydrogen-bond acceptors (Lipinski definition) is 7. The number of nitrogens with zero attached hydrogens (tertiary/aromatic N) is 3. The van der Waals surface area contributed by atoms with Crippen LogP contribution in [-0.2, 0) is 14.8 Å². The van der Waals surface area contributed by atoms with E-state index in [1.807, 2.05) is 0 Å². The molecule has 3 heterocycles. The number of para-hydroxylation sites is 1. The number of nitrogens with one attached hydrogen (secondary N) is 1. The highest BCUT2D eigenvalue weighted by Crippen LogP contribution is 2.35. The average Bonchev–Trinajstić information content (AvgIpc) is 3.35. The summed E-state index contributed by atoms with van der Waals surface area (Å²) in [5.41, 5.74) is 0.517. The number of benzene rings is 1. The summed E-state index contributed by atoms with van der Waals surface area (Å²) >= 11 is 7.42. The fourth-order valence-electron chi connectivity index (χ4n) is 3.54. The first-order valence-corrected chi connectivity index (χ1v) is 12.4. The molecule has 1 atom stereocenters. The number of aromatic nitrogens is 2. The first-order chi connectivity index (χ1) is 14.8. The predicted octanol–water partition coefficient (Wildman–Crippen LogP) is 4.11. The maximum atomic E-state index is 13.4. The molecule has 1 unspecified atom stereocenters. The van der Waals surface area contributed by atoms with Crippen LogP contribution >= 0.6 is 22.9 Å². The van der Waals surface area contributed by atoms with Crippen LogP contribution < -0.4 is 5.32 Å². The molecule has 0 spiro atoms. The quantitative estimate of drug-likeness (QED) is 0.589. The van der Waals surface area contributed by atoms with E-state index in [9.17, 15) is 13.2 Å². The highest BCUT2D eigenvalue weighted by molar-refractivity contribution is 7.89. The van der Waals surface area contributed by atoms with Gasteiger partial charge in [0.05, 0.1) is 26.4 Å². The van der Waals surface area contributed by atoms with E-state index in [2.05, 4.69) is 15.5 Å². The molecule has 8 nitrogen and oxygen atoms in total. The number of amides is 1. The lowest BCUT2D eigenvalue weighted by Crippen LogP contribution is -2.43. The van der Waals surface area contributed by atoms with Crippen molar-refractivity contribution >= 4 is 44.6 Å². The monoisotopic (exact) mass is 480 g/mol. The van der Waals surface area contributed by atoms with E-state index < -0.39 is 15.9 Å². The zero-order valence-electron chi connectivity index (χ0n) is 17.0. The van der Waals surface area contributed by atoms with E-state index in [1.165, 1.54) is 15.6 Å². The predicted molar refractivity (Wildman–Crippen MR) is 119 cm³/mol. The highest BCUT2D eigenvalue weighted by atomic mass is 35.5. The summed E-state index contributed by atoms with van der Waals surface area (Å²) in [6, 6.07) is 8.54. The van der Waals surface area contributed by atoms with Crippen LogP contribution in [0.1, 0.15) is 23.6 Å². The third-order valence-electron chi connectivity index (χ3n) is 5.12. The lowest BCUT2D eigenvalue weighted by molar-refractivity contribution is -0.120. The molecule has 4 rings (SSSR count). The fourth-order valence-corrected chi connectivity index (χ4v) is 6.73. The van der Waals surface area contributed by atoms with Crippen molar-refractivity contribution in [2.24, 2.45) is 5.92 Å². The van der Waals surface area contributed by atoms with Gasteiger partial charge in [0.15, 0.2) is 0 Å². The van der Waals surface area contributed by atoms with Gasteiger partial charge in [-0.2, -0.15) is 9.29 Å². The van der Waals surface area contributed by atoms with Gasteiger partial charge in [0, 0.05) is 24.9 Å². The Morgan fingerprint density at radius 3 is 2.81 bits per heavy atom. The van der Waals surface area contributed by atoms with Gasteiger partial charge in [-0.05, 0) is 38.0 Å². The fraction of sp³-hybridized carbons (Fsp3) is 0.350. The summed E-state index contributed by atoms with van der Waals surface area (Å²) in [5.74, 6) is 0.0765. The van der Waals surface area contributed by atoms with Crippen LogP contribution in [0.15, 0.2) is 39.8 Å². The smallest absolute Gasteiger partial charge is 0.244 e. The van der Waals surface area contributed by atoms with Gasteiger partial charge >= 0.3 is 0 Å². The molecule has 0 aliphatic carbocycles. The number of aryl methyl sites for hydroxylation is 2. The largest absolute Gasteiger partial charge is 0.339 e. The molecular formula is C20H21ClN4O4S2. The maximum Gasteiger partial charge on any atom is 0.244 e. The number of carbonyl (C=O) groups is 1. The number of halogens is 1. The van der Waals surface area contributed by atoms with Crippen molar-refractivity contribution in [3.05, 3.63) is 46.1 Å². The molecule has 3 aromatic rings. The molecule has 1 aliphatic heterocycles. The lowest BCUT2D eigenvalue weighted by atomic mass is 9.99. The Labute approximate surface area is 189 Å². The standard InChI is InChI=1S/C20H21ClN4O4S2/c1-12-18(10-17(30-12)19-22-13(2)29-24-19)31(27,28)25-9-5-6-14(11-25)20(26)23-16-8-4-3-7-15(16)21/h3-4,7-8,10,14H,5-6,9,11H2,1-2H3,(H,23,26). The Hall–Kier alpha value is -2.27. The van der Waals surface area contributed by atoms with Crippen molar-refractivity contribution in [1.82, 2.24) is 14.4 Å². The van der Waals surface area contributed by atoms with Gasteiger partial charge in [-0.15, -0.1) is 11.3 Å². The Balaban J connectivity index is 1.53. The molecule has 164 valence electrons. The van der Waals surface area contributed by atoms with E-state index in [-0.39, 0.29) is 17.3 Å². The summed E-state index contributed by atoms with van der Waals surface area (Å²) in [6.07, 6.45) is 1.21. The van der Waals surface area contributed by atoms with Crippen LogP contribution in [0.4, 0.5) is 5.69 Å². The first-order valence-electron chi connectivity index (χ1n) is 9.72. The van der Waals surface area contributed by atoms with E-state index in [0.29, 0.717) is 51.6 Å². The molecule has 11 heteroatoms. The van der Waals surface area contributed by atoms with Gasteiger partial charge in [-0.3, -0.25) is 4.79 Å². The summed E-state index contributed by atoms with van der Waals surface area (Å²) in [7, 11) is -3.77. The van der Waals surface area contributed by atoms with Crippen LogP contribution in [-0.4, -0.2) is 41.9 Å². The van der Waals surface area contributed by atoms with Crippen molar-refractivity contribution in [3.8, 4) is 10.7 Å². The van der Waals surface area contributed by atoms with Crippen molar-refractivity contribution in [1.29, 1.82) is 0 Å². The van der Waals surface area contributed by atoms with Crippen LogP contribution in [0.2, 0.25) is 5.02 Å². The minimum atomic E-state index is -3.77. The maximum absolute atomic E-state index is 13.4. The van der Waals surface area contributed by atoms with Crippen molar-refractivity contribution in [2.45, 2.75) is 31.6 Å². The zero-order chi connectivity index (χ0) is 22.2. The molecule has 0 bridgehead atoms. The first kappa shape index (κ1) is 21.9. The number of thiophene rings is 1. The number of hydrogen-bond donors (Lipinski definition) is 1. The van der Waals surface area contributed by atoms with Crippen molar-refractivity contribution in [3.63, 3.8) is 0 Å². The SMILES string of the molecule is Cc1nc(-c2cc(S(=O)(=O)N3CCCC(C(=O)Nc4ccccc4Cl)C3)c(C)s2)no1. The molecule has 31 heavy (non-hydrogen) atoms. The minimum Gasteiger partial charge on any atom is -0.339 e. The number of rotatable bonds is 5. The lowest BCUT2D eigenvalue weighted by Gasteiger charge is -2.31. The molecule has 1 fully saturated rings. The number of piperidine rings is 1. The highest BCUT2D eigenvalue weighted by Gasteiger charge is 2.35. The normalized spacial score (nSPS) is 17.6. The third-order valence-corrected chi connectivity index (χ3v) is 8.62. The molecule has 2 aromatic heterocycles. The topological polar surface area (TPSA) is 105 Å². The van der Waals surface area contributed by atoms with E-state index in [0.717, 1.165) is 0 Å². The van der Waals surface area contributed by atoms with Crippen LogP contribution in [0.5, 0.6) is 0 Å². The van der Waals surface area contributed by atoms with Gasteiger partial charge in [0.1, 0.15) is 0 Å². The second-order valence-corrected chi connectivity index (χ2v) is 10.9. The molecule has 1 amide bonds. The van der Waals surface area contributed by atoms with Crippen LogP contribution in [0.25, 0.3) is 10.7 Å². The molecule has 1 N–H and O–H groups in total. The summed E-state index contributed by atoms with van der Waals surface area (Å²) in [5, 5.41) is 7.12. The molecule has 0 saturated carbocycles. The second-order valence-electron chi connectivity index (χ2n) is 7.34. The number of sulfonamides is 1. The molecule has 1 saturated heterocycles. The Morgan fingerprint density at radius 1 is 1.32 bits per heavy atom. The molecular weight excluding hydrogens is 460 g/mol. The average molecular weight is 481 g/mol. The molecule has 1 aliphatic rings. The number of anilines is 1. The second kappa shape index (κ2) is 8.70. The van der Waals surface area contributed by atoms with Gasteiger partial charge in [0.2, 0.25) is 27.6 Å². The summed E-state index contributed by atoms with van der Waals surface area (Å²) in [6.45, 7) is 3.91. The minimum absolute atomic E-state index is 0.116. The van der Waals surface area contributed by atoms with E-state index >= 15 is 0 Å². The van der Waals surface area contributed by atoms with Gasteiger partial charge < -0.3 is 9.84 Å². The van der Waals surface area contributed by atoms with Gasteiger partial charge in [0.25, 0.3) is 0 Å². The Morgan fingerprint density at radius 2 is 2.10 bits per heavy atom. The van der Waals surface area contributed by atoms with Crippen LogP contribution in [0.3, 0.4) is 0 Å². The Kier molecular flexibility index (Phi) is 6.16. The van der Waals surface area contributed by atoms with Gasteiger partial charge in [-0.1, -0.05) is 28.9 Å². The summed E-state index contributed by atoms with van der Waals surface area (Å²) in [4.78, 5) is 18.4. The van der Waals surface area contributed by atoms with E-state index in [4.69, 9.17) is 16.1 Å². The van der Waals surface area contributed by atoms with Gasteiger partial charge in [-0.25, -0.2) is 8.42 Å². The van der Waals surface area contributed by atoms with Crippen LogP contribution in [0, 0.1) is 19.8 Å². The van der Waals surface area contributed by atoms with Crippen molar-refractivity contribution in [2.75, 3.05) is 18.4 Å². The molecule has 1 aromatic carbocycles.